The van der Waals surface area contributed by atoms with Crippen LogP contribution in [0.4, 0.5) is 30.2 Å². The van der Waals surface area contributed by atoms with Gasteiger partial charge in [-0.2, -0.15) is 13.2 Å². The molecule has 0 aliphatic carbocycles. The molecule has 5 rings (SSSR count). The Bertz CT molecular complexity index is 1880. The van der Waals surface area contributed by atoms with Crippen LogP contribution in [-0.2, 0) is 31.0 Å². The van der Waals surface area contributed by atoms with E-state index in [0.29, 0.717) is 17.1 Å². The van der Waals surface area contributed by atoms with Crippen LogP contribution in [0.1, 0.15) is 18.4 Å². The molecule has 0 saturated heterocycles. The van der Waals surface area contributed by atoms with Gasteiger partial charge in [0.2, 0.25) is 5.91 Å². The number of hydrogen-bond acceptors (Lipinski definition) is 5. The molecule has 1 aliphatic rings. The normalized spacial score (nSPS) is 14.3. The van der Waals surface area contributed by atoms with E-state index in [1.807, 2.05) is 12.1 Å². The van der Waals surface area contributed by atoms with E-state index in [1.54, 1.807) is 24.3 Å². The average molecular weight is 624 g/mol. The first-order valence-electron chi connectivity index (χ1n) is 12.1. The van der Waals surface area contributed by atoms with Gasteiger partial charge in [0.25, 0.3) is 20.0 Å². The Hall–Kier alpha value is -3.81. The highest BCUT2D eigenvalue weighted by Gasteiger charge is 2.35. The van der Waals surface area contributed by atoms with Gasteiger partial charge in [-0.25, -0.2) is 16.8 Å². The molecule has 0 radical (unpaired) electrons. The van der Waals surface area contributed by atoms with Crippen LogP contribution < -0.4 is 14.3 Å². The third kappa shape index (κ3) is 5.69. The molecular formula is C27H21ClF3N3O5S2. The van der Waals surface area contributed by atoms with Gasteiger partial charge < -0.3 is 5.32 Å². The summed E-state index contributed by atoms with van der Waals surface area (Å²) in [4.78, 5) is 12.5. The quantitative estimate of drug-likeness (QED) is 0.241. The van der Waals surface area contributed by atoms with Crippen LogP contribution in [0.3, 0.4) is 0 Å². The van der Waals surface area contributed by atoms with Gasteiger partial charge in [-0.3, -0.25) is 13.8 Å². The summed E-state index contributed by atoms with van der Waals surface area (Å²) in [5.41, 5.74) is -0.650. The molecule has 0 unspecified atom stereocenters. The minimum Gasteiger partial charge on any atom is -0.326 e. The summed E-state index contributed by atoms with van der Waals surface area (Å²) < 4.78 is 94.1. The minimum absolute atomic E-state index is 0.00193. The van der Waals surface area contributed by atoms with E-state index in [2.05, 4.69) is 10.0 Å². The summed E-state index contributed by atoms with van der Waals surface area (Å²) in [5.74, 6) is -0.410. The zero-order valence-electron chi connectivity index (χ0n) is 20.9. The van der Waals surface area contributed by atoms with Crippen LogP contribution in [-0.4, -0.2) is 29.3 Å². The molecular weight excluding hydrogens is 603 g/mol. The SMILES string of the molecule is O=C(CCCN1c2cccc3cccc(c23)S1(=O)=O)Nc1ccc(S(=O)(=O)Nc2ccc(Cl)c(C(F)(F)F)c2)cc1. The van der Waals surface area contributed by atoms with E-state index in [1.165, 1.54) is 28.6 Å². The van der Waals surface area contributed by atoms with E-state index >= 15 is 0 Å². The highest BCUT2D eigenvalue weighted by molar-refractivity contribution is 7.93. The molecule has 0 fully saturated rings. The summed E-state index contributed by atoms with van der Waals surface area (Å²) in [6, 6.07) is 18.1. The van der Waals surface area contributed by atoms with Crippen molar-refractivity contribution in [1.29, 1.82) is 0 Å². The lowest BCUT2D eigenvalue weighted by atomic mass is 10.1. The molecule has 0 spiro atoms. The van der Waals surface area contributed by atoms with Gasteiger partial charge in [-0.05, 0) is 66.4 Å². The molecule has 8 nitrogen and oxygen atoms in total. The molecule has 41 heavy (non-hydrogen) atoms. The van der Waals surface area contributed by atoms with E-state index in [9.17, 15) is 34.8 Å². The first kappa shape index (κ1) is 28.7. The van der Waals surface area contributed by atoms with Gasteiger partial charge in [0.1, 0.15) is 0 Å². The third-order valence-corrected chi connectivity index (χ3v) is 10.0. The van der Waals surface area contributed by atoms with Crippen molar-refractivity contribution in [3.63, 3.8) is 0 Å². The van der Waals surface area contributed by atoms with Crippen molar-refractivity contribution in [3.05, 3.63) is 89.4 Å². The molecule has 14 heteroatoms. The number of carbonyl (C=O) groups is 1. The number of nitrogens with zero attached hydrogens (tertiary/aromatic N) is 1. The number of hydrogen-bond donors (Lipinski definition) is 2. The first-order valence-corrected chi connectivity index (χ1v) is 15.4. The lowest BCUT2D eigenvalue weighted by molar-refractivity contribution is -0.137. The van der Waals surface area contributed by atoms with Gasteiger partial charge in [0.15, 0.2) is 0 Å². The van der Waals surface area contributed by atoms with Crippen LogP contribution in [0.15, 0.2) is 88.7 Å². The maximum absolute atomic E-state index is 13.1. The maximum Gasteiger partial charge on any atom is 0.417 e. The molecule has 214 valence electrons. The summed E-state index contributed by atoms with van der Waals surface area (Å²) >= 11 is 5.58. The topological polar surface area (TPSA) is 113 Å². The maximum atomic E-state index is 13.1. The van der Waals surface area contributed by atoms with Gasteiger partial charge in [0, 0.05) is 29.7 Å². The number of carbonyl (C=O) groups excluding carboxylic acids is 1. The van der Waals surface area contributed by atoms with E-state index in [4.69, 9.17) is 11.6 Å². The molecule has 1 amide bonds. The predicted octanol–water partition coefficient (Wildman–Crippen LogP) is 6.24. The average Bonchev–Trinajstić information content (AvgIpc) is 3.12. The fraction of sp³-hybridized carbons (Fsp3) is 0.148. The summed E-state index contributed by atoms with van der Waals surface area (Å²) in [5, 5.41) is 3.52. The van der Waals surface area contributed by atoms with Crippen molar-refractivity contribution in [2.24, 2.45) is 0 Å². The second kappa shape index (κ2) is 10.5. The van der Waals surface area contributed by atoms with Gasteiger partial charge in [0.05, 0.1) is 26.1 Å². The number of alkyl halides is 3. The molecule has 0 saturated carbocycles. The number of rotatable bonds is 8. The van der Waals surface area contributed by atoms with Crippen molar-refractivity contribution in [1.82, 2.24) is 0 Å². The highest BCUT2D eigenvalue weighted by atomic mass is 35.5. The molecule has 0 aromatic heterocycles. The van der Waals surface area contributed by atoms with Crippen LogP contribution in [0.2, 0.25) is 5.02 Å². The Morgan fingerprint density at radius 3 is 2.27 bits per heavy atom. The van der Waals surface area contributed by atoms with Crippen molar-refractivity contribution in [3.8, 4) is 0 Å². The van der Waals surface area contributed by atoms with Gasteiger partial charge >= 0.3 is 6.18 Å². The zero-order chi connectivity index (χ0) is 29.6. The number of amides is 1. The number of benzene rings is 4. The number of nitrogens with one attached hydrogen (secondary N) is 2. The van der Waals surface area contributed by atoms with Gasteiger partial charge in [-0.1, -0.05) is 35.9 Å². The number of halogens is 4. The second-order valence-corrected chi connectivity index (χ2v) is 13.1. The molecule has 4 aromatic carbocycles. The van der Waals surface area contributed by atoms with Crippen LogP contribution in [0.5, 0.6) is 0 Å². The lowest BCUT2D eigenvalue weighted by Crippen LogP contribution is -2.28. The van der Waals surface area contributed by atoms with Crippen molar-refractivity contribution in [2.75, 3.05) is 20.9 Å². The zero-order valence-corrected chi connectivity index (χ0v) is 23.3. The van der Waals surface area contributed by atoms with Crippen molar-refractivity contribution < 1.29 is 34.8 Å². The summed E-state index contributed by atoms with van der Waals surface area (Å²) in [7, 11) is -7.97. The Labute approximate surface area is 238 Å². The van der Waals surface area contributed by atoms with Crippen LogP contribution >= 0.6 is 11.6 Å². The van der Waals surface area contributed by atoms with Crippen molar-refractivity contribution >= 4 is 65.4 Å². The molecule has 4 aromatic rings. The number of anilines is 3. The third-order valence-electron chi connectivity index (χ3n) is 6.42. The van der Waals surface area contributed by atoms with Gasteiger partial charge in [-0.15, -0.1) is 0 Å². The predicted molar refractivity (Wildman–Crippen MR) is 150 cm³/mol. The number of sulfonamides is 2. The fourth-order valence-corrected chi connectivity index (χ4v) is 7.57. The fourth-order valence-electron chi connectivity index (χ4n) is 4.54. The molecule has 2 N–H and O–H groups in total. The molecule has 0 bridgehead atoms. The molecule has 0 atom stereocenters. The van der Waals surface area contributed by atoms with Crippen LogP contribution in [0, 0.1) is 0 Å². The lowest BCUT2D eigenvalue weighted by Gasteiger charge is -2.18. The highest BCUT2D eigenvalue weighted by Crippen LogP contribution is 2.42. The van der Waals surface area contributed by atoms with Crippen molar-refractivity contribution in [2.45, 2.75) is 28.8 Å². The largest absolute Gasteiger partial charge is 0.417 e. The Morgan fingerprint density at radius 1 is 0.927 bits per heavy atom. The first-order chi connectivity index (χ1) is 19.3. The Kier molecular flexibility index (Phi) is 7.38. The van der Waals surface area contributed by atoms with E-state index in [-0.39, 0.29) is 40.6 Å². The molecule has 1 aliphatic heterocycles. The summed E-state index contributed by atoms with van der Waals surface area (Å²) in [6.45, 7) is 0.0904. The summed E-state index contributed by atoms with van der Waals surface area (Å²) in [6.07, 6.45) is -4.54. The standard InChI is InChI=1S/C27H21ClF3N3O5S2/c28-22-14-11-19(16-21(22)27(29,30)31)33-40(36,37)20-12-9-18(10-13-20)32-25(35)8-3-15-34-23-6-1-4-17-5-2-7-24(26(17)23)41(34,38)39/h1-2,4-7,9-14,16,33H,3,8,15H2,(H,32,35). The Morgan fingerprint density at radius 2 is 1.59 bits per heavy atom. The monoisotopic (exact) mass is 623 g/mol. The molecule has 1 heterocycles. The minimum atomic E-state index is -4.76. The Balaban J connectivity index is 1.19. The van der Waals surface area contributed by atoms with Crippen LogP contribution in [0.25, 0.3) is 10.8 Å². The smallest absolute Gasteiger partial charge is 0.326 e. The van der Waals surface area contributed by atoms with E-state index in [0.717, 1.165) is 17.5 Å². The van der Waals surface area contributed by atoms with E-state index < -0.39 is 42.7 Å². The second-order valence-electron chi connectivity index (χ2n) is 9.18.